The molecule has 0 bridgehead atoms. The first-order valence-electron chi connectivity index (χ1n) is 17.0. The van der Waals surface area contributed by atoms with Crippen LogP contribution in [0.15, 0.2) is 36.7 Å². The van der Waals surface area contributed by atoms with Crippen molar-refractivity contribution >= 4 is 11.9 Å². The number of imidazole rings is 1. The van der Waals surface area contributed by atoms with Crippen LogP contribution in [-0.4, -0.2) is 69.2 Å². The first-order valence-corrected chi connectivity index (χ1v) is 17.0. The fraction of sp³-hybridized carbons (Fsp3) is 0.541. The van der Waals surface area contributed by atoms with Crippen molar-refractivity contribution in [3.05, 3.63) is 76.4 Å². The number of carbonyl (C=O) groups is 2. The van der Waals surface area contributed by atoms with E-state index in [1.165, 1.54) is 4.90 Å². The number of esters is 1. The Morgan fingerprint density at radius 2 is 1.85 bits per heavy atom. The summed E-state index contributed by atoms with van der Waals surface area (Å²) in [4.78, 5) is 35.2. The van der Waals surface area contributed by atoms with Crippen LogP contribution in [0.5, 0.6) is 0 Å². The van der Waals surface area contributed by atoms with Gasteiger partial charge in [0.1, 0.15) is 11.6 Å². The number of likely N-dealkylation sites (tertiary alicyclic amines) is 1. The Kier molecular flexibility index (Phi) is 8.23. The minimum Gasteiger partial charge on any atom is -0.464 e. The van der Waals surface area contributed by atoms with E-state index in [4.69, 9.17) is 4.74 Å². The lowest BCUT2D eigenvalue weighted by molar-refractivity contribution is -0.149. The molecule has 7 rings (SSSR count). The number of aliphatic hydroxyl groups excluding tert-OH is 1. The molecule has 47 heavy (non-hydrogen) atoms. The van der Waals surface area contributed by atoms with Gasteiger partial charge < -0.3 is 24.2 Å². The zero-order valence-electron chi connectivity index (χ0n) is 27.5. The Bertz CT molecular complexity index is 1690. The number of halogens is 2. The van der Waals surface area contributed by atoms with Gasteiger partial charge in [-0.05, 0) is 92.5 Å². The summed E-state index contributed by atoms with van der Waals surface area (Å²) in [5.41, 5.74) is 2.73. The average Bonchev–Trinajstić information content (AvgIpc) is 3.76. The van der Waals surface area contributed by atoms with Gasteiger partial charge in [-0.25, -0.2) is 18.6 Å². The molecule has 1 aliphatic carbocycles. The van der Waals surface area contributed by atoms with E-state index in [9.17, 15) is 14.7 Å². The number of hydrogen-bond acceptors (Lipinski definition) is 6. The molecule has 10 heteroatoms. The lowest BCUT2D eigenvalue weighted by atomic mass is 9.52. The van der Waals surface area contributed by atoms with E-state index >= 15 is 8.78 Å². The van der Waals surface area contributed by atoms with Crippen molar-refractivity contribution in [3.8, 4) is 11.1 Å². The summed E-state index contributed by atoms with van der Waals surface area (Å²) in [6.45, 7) is 10.3. The molecule has 1 saturated carbocycles. The number of piperidine rings is 1. The summed E-state index contributed by atoms with van der Waals surface area (Å²) in [6, 6.07) is 7.59. The third kappa shape index (κ3) is 5.57. The summed E-state index contributed by atoms with van der Waals surface area (Å²) in [7, 11) is 0. The largest absolute Gasteiger partial charge is 0.464 e. The van der Waals surface area contributed by atoms with Gasteiger partial charge in [0.2, 0.25) is 0 Å². The molecular formula is C37H44F2N4O4. The third-order valence-electron chi connectivity index (χ3n) is 11.1. The van der Waals surface area contributed by atoms with Crippen molar-refractivity contribution in [2.75, 3.05) is 32.8 Å². The van der Waals surface area contributed by atoms with Crippen molar-refractivity contribution in [2.45, 2.75) is 83.8 Å². The average molecular weight is 647 g/mol. The van der Waals surface area contributed by atoms with Crippen LogP contribution >= 0.6 is 0 Å². The molecule has 4 heterocycles. The minimum atomic E-state index is -1.19. The molecule has 3 aromatic rings. The molecule has 250 valence electrons. The predicted octanol–water partition coefficient (Wildman–Crippen LogP) is 5.80. The van der Waals surface area contributed by atoms with Gasteiger partial charge in [-0.2, -0.15) is 0 Å². The second-order valence-corrected chi connectivity index (χ2v) is 14.7. The number of benzene rings is 2. The predicted molar refractivity (Wildman–Crippen MR) is 173 cm³/mol. The van der Waals surface area contributed by atoms with Crippen molar-refractivity contribution in [1.82, 2.24) is 19.4 Å². The van der Waals surface area contributed by atoms with Crippen LogP contribution in [0.1, 0.15) is 91.8 Å². The van der Waals surface area contributed by atoms with E-state index in [2.05, 4.69) is 23.7 Å². The Hall–Kier alpha value is -3.63. The number of ether oxygens (including phenoxy) is 1. The van der Waals surface area contributed by atoms with Gasteiger partial charge in [-0.1, -0.05) is 38.1 Å². The van der Waals surface area contributed by atoms with Crippen molar-refractivity contribution in [1.29, 1.82) is 0 Å². The van der Waals surface area contributed by atoms with Gasteiger partial charge in [0.25, 0.3) is 5.91 Å². The van der Waals surface area contributed by atoms with Gasteiger partial charge in [-0.15, -0.1) is 0 Å². The molecule has 1 N–H and O–H groups in total. The normalized spacial score (nSPS) is 25.1. The molecule has 1 atom stereocenters. The van der Waals surface area contributed by atoms with E-state index in [1.54, 1.807) is 13.3 Å². The molecule has 4 aliphatic rings. The second-order valence-electron chi connectivity index (χ2n) is 14.7. The molecule has 2 fully saturated rings. The molecule has 8 nitrogen and oxygen atoms in total. The SMILES string of the molecule is CCOC(=O)C(c1ncn2c1CCC2)N1Cc2c(F)cc(-c3ccc(C4(C)CC(C)(CN5CCC(CO)CC5)C4)cc3)c(F)c2C1=O. The highest BCUT2D eigenvalue weighted by atomic mass is 19.1. The van der Waals surface area contributed by atoms with Crippen molar-refractivity contribution in [2.24, 2.45) is 11.3 Å². The molecule has 1 aromatic heterocycles. The first-order chi connectivity index (χ1) is 22.5. The van der Waals surface area contributed by atoms with Gasteiger partial charge in [0, 0.05) is 36.5 Å². The topological polar surface area (TPSA) is 87.9 Å². The number of fused-ring (bicyclic) bond motifs is 2. The van der Waals surface area contributed by atoms with E-state index in [-0.39, 0.29) is 47.3 Å². The molecule has 1 saturated heterocycles. The maximum Gasteiger partial charge on any atom is 0.335 e. The van der Waals surface area contributed by atoms with Crippen LogP contribution in [0.25, 0.3) is 11.1 Å². The maximum absolute atomic E-state index is 16.3. The van der Waals surface area contributed by atoms with Crippen LogP contribution in [0.4, 0.5) is 8.78 Å². The van der Waals surface area contributed by atoms with Gasteiger partial charge in [-0.3, -0.25) is 4.79 Å². The van der Waals surface area contributed by atoms with Gasteiger partial charge in [0.15, 0.2) is 6.04 Å². The standard InChI is InChI=1S/C37H44F2N4O4/c1-4-47-35(46)33(32-29-6-5-13-42(29)22-40-32)43-17-27-28(38)16-26(31(39)30(27)34(43)45)24-7-9-25(10-8-24)37(3)19-36(2,20-37)21-41-14-11-23(18-44)12-15-41/h7-10,16,22-23,33,44H,4-6,11-15,17-21H2,1-3H3. The fourth-order valence-electron chi connectivity index (χ4n) is 9.05. The Balaban J connectivity index is 1.10. The zero-order chi connectivity index (χ0) is 33.1. The zero-order valence-corrected chi connectivity index (χ0v) is 27.5. The highest BCUT2D eigenvalue weighted by Gasteiger charge is 2.50. The summed E-state index contributed by atoms with van der Waals surface area (Å²) in [5, 5.41) is 9.47. The smallest absolute Gasteiger partial charge is 0.335 e. The number of nitrogens with zero attached hydrogens (tertiary/aromatic N) is 4. The molecule has 1 amide bonds. The lowest BCUT2D eigenvalue weighted by Crippen LogP contribution is -2.53. The number of hydrogen-bond donors (Lipinski definition) is 1. The highest BCUT2D eigenvalue weighted by Crippen LogP contribution is 2.56. The number of rotatable bonds is 9. The monoisotopic (exact) mass is 646 g/mol. The molecule has 0 spiro atoms. The Morgan fingerprint density at radius 3 is 2.53 bits per heavy atom. The molecule has 0 radical (unpaired) electrons. The van der Waals surface area contributed by atoms with Crippen molar-refractivity contribution < 1.29 is 28.2 Å². The van der Waals surface area contributed by atoms with Gasteiger partial charge >= 0.3 is 5.97 Å². The van der Waals surface area contributed by atoms with E-state index in [0.717, 1.165) is 75.6 Å². The van der Waals surface area contributed by atoms with Crippen LogP contribution in [-0.2, 0) is 34.5 Å². The number of aromatic nitrogens is 2. The van der Waals surface area contributed by atoms with E-state index in [0.29, 0.717) is 23.6 Å². The van der Waals surface area contributed by atoms with Gasteiger partial charge in [0.05, 0.1) is 30.7 Å². The maximum atomic E-state index is 16.3. The molecule has 1 unspecified atom stereocenters. The Morgan fingerprint density at radius 1 is 1.13 bits per heavy atom. The molecule has 3 aliphatic heterocycles. The summed E-state index contributed by atoms with van der Waals surface area (Å²) in [5.74, 6) is -2.44. The van der Waals surface area contributed by atoms with Crippen molar-refractivity contribution in [3.63, 3.8) is 0 Å². The van der Waals surface area contributed by atoms with Crippen LogP contribution in [0, 0.1) is 23.0 Å². The van der Waals surface area contributed by atoms with Crippen LogP contribution in [0.2, 0.25) is 0 Å². The number of aliphatic hydroxyl groups is 1. The Labute approximate surface area is 274 Å². The van der Waals surface area contributed by atoms with Crippen LogP contribution in [0.3, 0.4) is 0 Å². The highest BCUT2D eigenvalue weighted by molar-refractivity contribution is 6.02. The summed E-state index contributed by atoms with van der Waals surface area (Å²) in [6.07, 6.45) is 7.41. The van der Waals surface area contributed by atoms with Crippen LogP contribution < -0.4 is 0 Å². The van der Waals surface area contributed by atoms with E-state index in [1.807, 2.05) is 28.8 Å². The minimum absolute atomic E-state index is 0.00962. The van der Waals surface area contributed by atoms with E-state index < -0.39 is 29.6 Å². The number of amides is 1. The fourth-order valence-corrected chi connectivity index (χ4v) is 9.05. The number of carbonyl (C=O) groups excluding carboxylic acids is 2. The third-order valence-corrected chi connectivity index (χ3v) is 11.1. The quantitative estimate of drug-likeness (QED) is 0.296. The number of aryl methyl sites for hydroxylation is 1. The lowest BCUT2D eigenvalue weighted by Gasteiger charge is -2.55. The first kappa shape index (κ1) is 31.9. The summed E-state index contributed by atoms with van der Waals surface area (Å²) >= 11 is 0. The molecular weight excluding hydrogens is 602 g/mol. The summed E-state index contributed by atoms with van der Waals surface area (Å²) < 4.78 is 39.2. The second kappa shape index (κ2) is 12.1. The molecule has 2 aromatic carbocycles.